The number of hydrogen-bond acceptors (Lipinski definition) is 4. The van der Waals surface area contributed by atoms with E-state index in [2.05, 4.69) is 11.1 Å². The summed E-state index contributed by atoms with van der Waals surface area (Å²) in [6, 6.07) is 4.98. The number of nitrogens with two attached hydrogens (primary N) is 1. The first kappa shape index (κ1) is 9.66. The predicted octanol–water partition coefficient (Wildman–Crippen LogP) is -0.616. The maximum absolute atomic E-state index is 11.0. The molecular formula is C7H7N2O3S. The Bertz CT molecular complexity index is 439. The van der Waals surface area contributed by atoms with Crippen LogP contribution in [0.1, 0.15) is 10.5 Å². The van der Waals surface area contributed by atoms with Crippen LogP contribution in [0.3, 0.4) is 0 Å². The van der Waals surface area contributed by atoms with Crippen molar-refractivity contribution in [3.63, 3.8) is 0 Å². The van der Waals surface area contributed by atoms with E-state index in [4.69, 9.17) is 5.73 Å². The van der Waals surface area contributed by atoms with E-state index in [-0.39, 0.29) is 10.7 Å². The summed E-state index contributed by atoms with van der Waals surface area (Å²) in [4.78, 5) is 14.1. The highest BCUT2D eigenvalue weighted by molar-refractivity contribution is 7.90. The number of amides is 1. The monoisotopic (exact) mass is 199 g/mol. The summed E-state index contributed by atoms with van der Waals surface area (Å²) in [5, 5.41) is -0.181. The van der Waals surface area contributed by atoms with E-state index in [0.717, 1.165) is 6.26 Å². The number of carbonyl (C=O) groups excluding carboxylic acids is 1. The highest BCUT2D eigenvalue weighted by Crippen LogP contribution is 2.04. The van der Waals surface area contributed by atoms with Crippen molar-refractivity contribution < 1.29 is 13.2 Å². The molecule has 1 aromatic rings. The fourth-order valence-electron chi connectivity index (χ4n) is 0.704. The van der Waals surface area contributed by atoms with Crippen LogP contribution >= 0.6 is 0 Å². The summed E-state index contributed by atoms with van der Waals surface area (Å²) in [7, 11) is -3.40. The fourth-order valence-corrected chi connectivity index (χ4v) is 1.28. The Morgan fingerprint density at radius 3 is 2.69 bits per heavy atom. The standard InChI is InChI=1S/C7H7N2O3S/c1-13(11,12)6-4-2-3-5(9-6)7(8)10/h2,4H,1H3,(H2,8,10). The molecular weight excluding hydrogens is 192 g/mol. The Labute approximate surface area is 75.5 Å². The number of aromatic nitrogens is 1. The first-order valence-corrected chi connectivity index (χ1v) is 5.19. The second-order valence-corrected chi connectivity index (χ2v) is 4.38. The summed E-state index contributed by atoms with van der Waals surface area (Å²) in [5.74, 6) is -0.800. The van der Waals surface area contributed by atoms with Crippen LogP contribution in [-0.4, -0.2) is 25.6 Å². The molecule has 0 saturated carbocycles. The van der Waals surface area contributed by atoms with Crippen molar-refractivity contribution in [1.82, 2.24) is 4.98 Å². The molecule has 0 atom stereocenters. The van der Waals surface area contributed by atoms with Crippen molar-refractivity contribution in [3.8, 4) is 0 Å². The fraction of sp³-hybridized carbons (Fsp3) is 0.143. The first-order valence-electron chi connectivity index (χ1n) is 3.30. The summed E-state index contributed by atoms with van der Waals surface area (Å²) in [5.41, 5.74) is 4.72. The lowest BCUT2D eigenvalue weighted by Gasteiger charge is -1.97. The minimum atomic E-state index is -3.40. The number of rotatable bonds is 2. The van der Waals surface area contributed by atoms with Gasteiger partial charge in [-0.2, -0.15) is 0 Å². The van der Waals surface area contributed by atoms with Gasteiger partial charge in [-0.15, -0.1) is 0 Å². The molecule has 1 radical (unpaired) electrons. The number of pyridine rings is 1. The number of carbonyl (C=O) groups is 1. The molecule has 2 N–H and O–H groups in total. The SMILES string of the molecule is CS(=O)(=O)c1cc[c]c(C(N)=O)n1. The normalized spacial score (nSPS) is 11.2. The van der Waals surface area contributed by atoms with Gasteiger partial charge in [0, 0.05) is 12.3 Å². The Morgan fingerprint density at radius 1 is 1.62 bits per heavy atom. The Kier molecular flexibility index (Phi) is 2.33. The van der Waals surface area contributed by atoms with Crippen molar-refractivity contribution >= 4 is 15.7 Å². The van der Waals surface area contributed by atoms with Crippen LogP contribution in [0.5, 0.6) is 0 Å². The molecule has 0 aliphatic rings. The van der Waals surface area contributed by atoms with Crippen LogP contribution in [-0.2, 0) is 9.84 Å². The third kappa shape index (κ3) is 2.25. The average molecular weight is 199 g/mol. The Balaban J connectivity index is 3.29. The van der Waals surface area contributed by atoms with E-state index < -0.39 is 15.7 Å². The number of sulfone groups is 1. The van der Waals surface area contributed by atoms with Crippen molar-refractivity contribution in [2.75, 3.05) is 6.26 Å². The maximum Gasteiger partial charge on any atom is 0.267 e. The topological polar surface area (TPSA) is 90.1 Å². The first-order chi connectivity index (χ1) is 5.91. The summed E-state index contributed by atoms with van der Waals surface area (Å²) in [6.07, 6.45) is 1.00. The molecule has 0 aliphatic carbocycles. The number of hydrogen-bond donors (Lipinski definition) is 1. The molecule has 0 fully saturated rings. The van der Waals surface area contributed by atoms with Gasteiger partial charge in [0.1, 0.15) is 5.69 Å². The molecule has 1 rings (SSSR count). The van der Waals surface area contributed by atoms with E-state index in [9.17, 15) is 13.2 Å². The van der Waals surface area contributed by atoms with Crippen molar-refractivity contribution in [1.29, 1.82) is 0 Å². The molecule has 0 unspecified atom stereocenters. The molecule has 0 spiro atoms. The molecule has 0 bridgehead atoms. The molecule has 0 saturated heterocycles. The van der Waals surface area contributed by atoms with Crippen LogP contribution in [0.15, 0.2) is 17.2 Å². The van der Waals surface area contributed by atoms with Gasteiger partial charge in [0.25, 0.3) is 5.91 Å². The van der Waals surface area contributed by atoms with Gasteiger partial charge in [0.05, 0.1) is 0 Å². The summed E-state index contributed by atoms with van der Waals surface area (Å²) < 4.78 is 22.0. The Hall–Kier alpha value is -1.43. The van der Waals surface area contributed by atoms with E-state index in [1.54, 1.807) is 0 Å². The quantitative estimate of drug-likeness (QED) is 0.687. The van der Waals surface area contributed by atoms with Gasteiger partial charge >= 0.3 is 0 Å². The average Bonchev–Trinajstić information content (AvgIpc) is 2.03. The van der Waals surface area contributed by atoms with Gasteiger partial charge in [0.2, 0.25) is 0 Å². The van der Waals surface area contributed by atoms with Crippen LogP contribution < -0.4 is 5.73 Å². The van der Waals surface area contributed by atoms with E-state index >= 15 is 0 Å². The molecule has 0 aromatic carbocycles. The largest absolute Gasteiger partial charge is 0.364 e. The molecule has 6 heteroatoms. The lowest BCUT2D eigenvalue weighted by Crippen LogP contribution is -2.14. The zero-order chi connectivity index (χ0) is 10.1. The molecule has 69 valence electrons. The minimum absolute atomic E-state index is 0.178. The van der Waals surface area contributed by atoms with Gasteiger partial charge in [0.15, 0.2) is 14.9 Å². The minimum Gasteiger partial charge on any atom is -0.364 e. The smallest absolute Gasteiger partial charge is 0.267 e. The lowest BCUT2D eigenvalue weighted by molar-refractivity contribution is 0.0994. The number of primary amides is 1. The van der Waals surface area contributed by atoms with E-state index in [0.29, 0.717) is 0 Å². The molecule has 1 amide bonds. The van der Waals surface area contributed by atoms with Crippen LogP contribution in [0.4, 0.5) is 0 Å². The van der Waals surface area contributed by atoms with Gasteiger partial charge in [-0.1, -0.05) is 0 Å². The van der Waals surface area contributed by atoms with Gasteiger partial charge in [-0.25, -0.2) is 13.4 Å². The second kappa shape index (κ2) is 3.14. The molecule has 1 aromatic heterocycles. The second-order valence-electron chi connectivity index (χ2n) is 2.41. The van der Waals surface area contributed by atoms with Gasteiger partial charge in [-0.05, 0) is 12.1 Å². The molecule has 1 heterocycles. The zero-order valence-corrected chi connectivity index (χ0v) is 7.63. The highest BCUT2D eigenvalue weighted by atomic mass is 32.2. The highest BCUT2D eigenvalue weighted by Gasteiger charge is 2.11. The summed E-state index contributed by atoms with van der Waals surface area (Å²) >= 11 is 0. The molecule has 0 aliphatic heterocycles. The van der Waals surface area contributed by atoms with E-state index in [1.807, 2.05) is 0 Å². The third-order valence-corrected chi connectivity index (χ3v) is 2.27. The van der Waals surface area contributed by atoms with E-state index in [1.165, 1.54) is 12.1 Å². The zero-order valence-electron chi connectivity index (χ0n) is 6.81. The molecule has 13 heavy (non-hydrogen) atoms. The van der Waals surface area contributed by atoms with Crippen molar-refractivity contribution in [2.24, 2.45) is 5.73 Å². The number of nitrogens with zero attached hydrogens (tertiary/aromatic N) is 1. The lowest BCUT2D eigenvalue weighted by atomic mass is 10.3. The van der Waals surface area contributed by atoms with Crippen molar-refractivity contribution in [3.05, 3.63) is 23.9 Å². The predicted molar refractivity (Wildman–Crippen MR) is 44.7 cm³/mol. The van der Waals surface area contributed by atoms with Crippen molar-refractivity contribution in [2.45, 2.75) is 5.03 Å². The van der Waals surface area contributed by atoms with Gasteiger partial charge in [-0.3, -0.25) is 4.79 Å². The van der Waals surface area contributed by atoms with Crippen LogP contribution in [0.25, 0.3) is 0 Å². The third-order valence-electron chi connectivity index (χ3n) is 1.28. The Morgan fingerprint density at radius 2 is 2.23 bits per heavy atom. The van der Waals surface area contributed by atoms with Gasteiger partial charge < -0.3 is 5.73 Å². The maximum atomic E-state index is 11.0. The summed E-state index contributed by atoms with van der Waals surface area (Å²) in [6.45, 7) is 0. The molecule has 5 nitrogen and oxygen atoms in total. The van der Waals surface area contributed by atoms with Crippen LogP contribution in [0.2, 0.25) is 0 Å². The van der Waals surface area contributed by atoms with Crippen LogP contribution in [0, 0.1) is 6.07 Å².